The van der Waals surface area contributed by atoms with Gasteiger partial charge in [0.2, 0.25) is 0 Å². The largest absolute Gasteiger partial charge is 0.384 e. The van der Waals surface area contributed by atoms with Crippen LogP contribution in [-0.2, 0) is 7.05 Å². The fourth-order valence-corrected chi connectivity index (χ4v) is 3.81. The molecule has 3 nitrogen and oxygen atoms in total. The number of hydrogen-bond acceptors (Lipinski definition) is 2. The number of fused-ring (bicyclic) bond motifs is 1. The first-order valence-corrected chi connectivity index (χ1v) is 6.93. The maximum Gasteiger partial charge on any atom is 0.125 e. The van der Waals surface area contributed by atoms with Crippen LogP contribution in [-0.4, -0.2) is 9.78 Å². The molecular weight excluding hydrogens is 210 g/mol. The van der Waals surface area contributed by atoms with Crippen LogP contribution >= 0.6 is 0 Å². The van der Waals surface area contributed by atoms with Crippen LogP contribution in [0.4, 0.5) is 5.82 Å². The average molecular weight is 233 g/mol. The molecule has 2 saturated carbocycles. The first kappa shape index (κ1) is 11.1. The lowest BCUT2D eigenvalue weighted by Crippen LogP contribution is -2.00. The topological polar surface area (TPSA) is 43.8 Å². The van der Waals surface area contributed by atoms with Crippen molar-refractivity contribution in [1.82, 2.24) is 9.78 Å². The molecule has 2 N–H and O–H groups in total. The summed E-state index contributed by atoms with van der Waals surface area (Å²) in [6.07, 6.45) is 5.64. The van der Waals surface area contributed by atoms with Crippen LogP contribution in [0, 0.1) is 11.8 Å². The van der Waals surface area contributed by atoms with Crippen molar-refractivity contribution < 1.29 is 0 Å². The first-order chi connectivity index (χ1) is 8.11. The van der Waals surface area contributed by atoms with Gasteiger partial charge in [0, 0.05) is 18.5 Å². The van der Waals surface area contributed by atoms with Gasteiger partial charge in [0.25, 0.3) is 0 Å². The Morgan fingerprint density at radius 1 is 1.24 bits per heavy atom. The minimum absolute atomic E-state index is 0.487. The number of nitrogens with two attached hydrogens (primary N) is 1. The number of nitrogen functional groups attached to an aromatic ring is 1. The molecule has 3 heteroatoms. The van der Waals surface area contributed by atoms with Crippen molar-refractivity contribution in [2.75, 3.05) is 5.73 Å². The maximum atomic E-state index is 6.16. The molecule has 2 aliphatic rings. The molecule has 0 aliphatic heterocycles. The van der Waals surface area contributed by atoms with Crippen molar-refractivity contribution in [2.24, 2.45) is 18.9 Å². The quantitative estimate of drug-likeness (QED) is 0.853. The summed E-state index contributed by atoms with van der Waals surface area (Å²) in [5.41, 5.74) is 8.79. The Morgan fingerprint density at radius 3 is 2.35 bits per heavy atom. The predicted octanol–water partition coefficient (Wildman–Crippen LogP) is 3.03. The van der Waals surface area contributed by atoms with Crippen molar-refractivity contribution in [2.45, 2.75) is 51.4 Å². The smallest absolute Gasteiger partial charge is 0.125 e. The molecule has 2 fully saturated rings. The van der Waals surface area contributed by atoms with E-state index in [9.17, 15) is 0 Å². The summed E-state index contributed by atoms with van der Waals surface area (Å²) in [6, 6.07) is 0. The number of hydrogen-bond donors (Lipinski definition) is 1. The standard InChI is InChI=1S/C14H23N3/c1-8(2)11-13(16-17(3)14(11)15)12-9-6-4-5-7-10(9)12/h8-10,12H,4-7,15H2,1-3H3. The van der Waals surface area contributed by atoms with E-state index in [1.54, 1.807) is 0 Å². The van der Waals surface area contributed by atoms with Crippen molar-refractivity contribution in [1.29, 1.82) is 0 Å². The van der Waals surface area contributed by atoms with Crippen molar-refractivity contribution >= 4 is 5.82 Å². The second-order valence-corrected chi connectivity index (χ2v) is 6.10. The summed E-state index contributed by atoms with van der Waals surface area (Å²) in [5, 5.41) is 4.71. The van der Waals surface area contributed by atoms with Crippen LogP contribution in [0.2, 0.25) is 0 Å². The van der Waals surface area contributed by atoms with E-state index in [1.165, 1.54) is 36.9 Å². The molecule has 0 aromatic carbocycles. The third-order valence-corrected chi connectivity index (χ3v) is 4.71. The molecule has 1 aromatic heterocycles. The highest BCUT2D eigenvalue weighted by Gasteiger charge is 2.53. The van der Waals surface area contributed by atoms with E-state index in [0.717, 1.165) is 23.6 Å². The first-order valence-electron chi connectivity index (χ1n) is 6.93. The van der Waals surface area contributed by atoms with E-state index in [2.05, 4.69) is 13.8 Å². The van der Waals surface area contributed by atoms with Gasteiger partial charge < -0.3 is 5.73 Å². The van der Waals surface area contributed by atoms with Gasteiger partial charge in [0.1, 0.15) is 5.82 Å². The summed E-state index contributed by atoms with van der Waals surface area (Å²) in [5.74, 6) is 3.91. The lowest BCUT2D eigenvalue weighted by atomic mass is 9.99. The lowest BCUT2D eigenvalue weighted by molar-refractivity contribution is 0.480. The van der Waals surface area contributed by atoms with E-state index in [0.29, 0.717) is 5.92 Å². The number of aryl methyl sites for hydroxylation is 1. The van der Waals surface area contributed by atoms with E-state index >= 15 is 0 Å². The minimum Gasteiger partial charge on any atom is -0.384 e. The Hall–Kier alpha value is -0.990. The summed E-state index contributed by atoms with van der Waals surface area (Å²) in [6.45, 7) is 4.45. The van der Waals surface area contributed by atoms with Gasteiger partial charge in [-0.3, -0.25) is 4.68 Å². The average Bonchev–Trinajstić information content (AvgIpc) is 2.93. The third-order valence-electron chi connectivity index (χ3n) is 4.71. The van der Waals surface area contributed by atoms with Crippen molar-refractivity contribution in [3.05, 3.63) is 11.3 Å². The Labute approximate surface area is 103 Å². The summed E-state index contributed by atoms with van der Waals surface area (Å²) in [7, 11) is 1.97. The Morgan fingerprint density at radius 2 is 1.82 bits per heavy atom. The number of anilines is 1. The molecular formula is C14H23N3. The van der Waals surface area contributed by atoms with E-state index in [-0.39, 0.29) is 0 Å². The molecule has 1 heterocycles. The third kappa shape index (κ3) is 1.59. The predicted molar refractivity (Wildman–Crippen MR) is 69.9 cm³/mol. The van der Waals surface area contributed by atoms with Gasteiger partial charge in [-0.25, -0.2) is 0 Å². The highest BCUT2D eigenvalue weighted by atomic mass is 15.3. The molecule has 17 heavy (non-hydrogen) atoms. The zero-order valence-electron chi connectivity index (χ0n) is 11.1. The zero-order chi connectivity index (χ0) is 12.2. The van der Waals surface area contributed by atoms with Crippen molar-refractivity contribution in [3.8, 4) is 0 Å². The second kappa shape index (κ2) is 3.76. The minimum atomic E-state index is 0.487. The van der Waals surface area contributed by atoms with E-state index in [4.69, 9.17) is 10.8 Å². The summed E-state index contributed by atoms with van der Waals surface area (Å²) in [4.78, 5) is 0. The molecule has 2 aliphatic carbocycles. The monoisotopic (exact) mass is 233 g/mol. The molecule has 2 unspecified atom stereocenters. The Bertz CT molecular complexity index is 421. The van der Waals surface area contributed by atoms with Gasteiger partial charge in [0.15, 0.2) is 0 Å². The fourth-order valence-electron chi connectivity index (χ4n) is 3.81. The van der Waals surface area contributed by atoms with Crippen LogP contribution < -0.4 is 5.73 Å². The second-order valence-electron chi connectivity index (χ2n) is 6.10. The van der Waals surface area contributed by atoms with E-state index in [1.807, 2.05) is 11.7 Å². The van der Waals surface area contributed by atoms with Crippen LogP contribution in [0.3, 0.4) is 0 Å². The molecule has 0 saturated heterocycles. The molecule has 0 bridgehead atoms. The number of nitrogens with zero attached hydrogens (tertiary/aromatic N) is 2. The van der Waals surface area contributed by atoms with Crippen LogP contribution in [0.1, 0.15) is 62.6 Å². The van der Waals surface area contributed by atoms with Gasteiger partial charge >= 0.3 is 0 Å². The Balaban J connectivity index is 1.96. The molecule has 0 amide bonds. The van der Waals surface area contributed by atoms with Gasteiger partial charge in [-0.05, 0) is 30.6 Å². The molecule has 0 radical (unpaired) electrons. The molecule has 94 valence electrons. The molecule has 0 spiro atoms. The molecule has 1 aromatic rings. The van der Waals surface area contributed by atoms with Crippen LogP contribution in [0.15, 0.2) is 0 Å². The summed E-state index contributed by atoms with van der Waals surface area (Å²) >= 11 is 0. The molecule has 3 rings (SSSR count). The number of rotatable bonds is 2. The normalized spacial score (nSPS) is 31.6. The maximum absolute atomic E-state index is 6.16. The Kier molecular flexibility index (Phi) is 2.46. The molecule has 2 atom stereocenters. The number of aromatic nitrogens is 2. The zero-order valence-corrected chi connectivity index (χ0v) is 11.1. The fraction of sp³-hybridized carbons (Fsp3) is 0.786. The lowest BCUT2D eigenvalue weighted by Gasteiger charge is -2.06. The summed E-state index contributed by atoms with van der Waals surface area (Å²) < 4.78 is 1.87. The van der Waals surface area contributed by atoms with Crippen LogP contribution in [0.25, 0.3) is 0 Å². The van der Waals surface area contributed by atoms with Gasteiger partial charge in [-0.2, -0.15) is 5.10 Å². The highest BCUT2D eigenvalue weighted by molar-refractivity contribution is 5.48. The van der Waals surface area contributed by atoms with E-state index < -0.39 is 0 Å². The van der Waals surface area contributed by atoms with Crippen LogP contribution in [0.5, 0.6) is 0 Å². The van der Waals surface area contributed by atoms with Gasteiger partial charge in [-0.15, -0.1) is 0 Å². The van der Waals surface area contributed by atoms with Crippen molar-refractivity contribution in [3.63, 3.8) is 0 Å². The van der Waals surface area contributed by atoms with Gasteiger partial charge in [-0.1, -0.05) is 26.7 Å². The SMILES string of the molecule is CC(C)c1c(C2C3CCCCC32)nn(C)c1N. The van der Waals surface area contributed by atoms with Gasteiger partial charge in [0.05, 0.1) is 5.69 Å². The highest BCUT2D eigenvalue weighted by Crippen LogP contribution is 2.62.